The molecule has 0 saturated carbocycles. The van der Waals surface area contributed by atoms with Gasteiger partial charge in [0.2, 0.25) is 0 Å². The molecular formula is C26H18FN3O3. The number of para-hydroxylation sites is 1. The third kappa shape index (κ3) is 3.29. The van der Waals surface area contributed by atoms with Crippen molar-refractivity contribution in [2.75, 3.05) is 11.4 Å². The highest BCUT2D eigenvalue weighted by atomic mass is 19.1. The van der Waals surface area contributed by atoms with Crippen LogP contribution in [-0.2, 0) is 6.42 Å². The summed E-state index contributed by atoms with van der Waals surface area (Å²) in [7, 11) is 0. The lowest BCUT2D eigenvalue weighted by atomic mass is 10.0. The first-order valence-corrected chi connectivity index (χ1v) is 10.7. The van der Waals surface area contributed by atoms with Crippen LogP contribution in [0.2, 0.25) is 0 Å². The third-order valence-electron chi connectivity index (χ3n) is 5.97. The highest BCUT2D eigenvalue weighted by molar-refractivity contribution is 5.94. The van der Waals surface area contributed by atoms with Crippen molar-refractivity contribution in [2.45, 2.75) is 12.8 Å². The fourth-order valence-electron chi connectivity index (χ4n) is 4.42. The van der Waals surface area contributed by atoms with Crippen molar-refractivity contribution in [1.29, 1.82) is 0 Å². The molecule has 0 unspecified atom stereocenters. The van der Waals surface area contributed by atoms with Gasteiger partial charge < -0.3 is 14.4 Å². The number of aromatic carboxylic acids is 1. The number of nitrogens with zero attached hydrogens (tertiary/aromatic N) is 3. The lowest BCUT2D eigenvalue weighted by molar-refractivity contribution is 0.0697. The van der Waals surface area contributed by atoms with Crippen LogP contribution in [0.15, 0.2) is 71.1 Å². The Kier molecular flexibility index (Phi) is 4.36. The number of anilines is 2. The van der Waals surface area contributed by atoms with Crippen molar-refractivity contribution in [3.8, 4) is 11.5 Å². The first kappa shape index (κ1) is 19.4. The summed E-state index contributed by atoms with van der Waals surface area (Å²) >= 11 is 0. The highest BCUT2D eigenvalue weighted by Crippen LogP contribution is 2.39. The summed E-state index contributed by atoms with van der Waals surface area (Å²) in [5, 5.41) is 10.1. The average molecular weight is 439 g/mol. The number of carboxylic acid groups (broad SMARTS) is 1. The predicted molar refractivity (Wildman–Crippen MR) is 123 cm³/mol. The zero-order valence-electron chi connectivity index (χ0n) is 17.5. The summed E-state index contributed by atoms with van der Waals surface area (Å²) in [4.78, 5) is 23.3. The number of hydrogen-bond acceptors (Lipinski definition) is 5. The van der Waals surface area contributed by atoms with Crippen LogP contribution >= 0.6 is 0 Å². The van der Waals surface area contributed by atoms with Gasteiger partial charge in [0, 0.05) is 17.6 Å². The number of carbonyl (C=O) groups is 1. The third-order valence-corrected chi connectivity index (χ3v) is 5.97. The van der Waals surface area contributed by atoms with E-state index in [2.05, 4.69) is 11.0 Å². The van der Waals surface area contributed by atoms with E-state index in [4.69, 9.17) is 14.4 Å². The summed E-state index contributed by atoms with van der Waals surface area (Å²) in [6, 6.07) is 19.0. The maximum absolute atomic E-state index is 13.8. The van der Waals surface area contributed by atoms with Crippen LogP contribution in [0.3, 0.4) is 0 Å². The number of fused-ring (bicyclic) bond motifs is 3. The van der Waals surface area contributed by atoms with E-state index in [1.54, 1.807) is 18.2 Å². The minimum Gasteiger partial charge on any atom is -0.478 e. The van der Waals surface area contributed by atoms with Crippen LogP contribution in [0, 0.1) is 5.82 Å². The molecular weight excluding hydrogens is 421 g/mol. The monoisotopic (exact) mass is 439 g/mol. The molecule has 0 fully saturated rings. The topological polar surface area (TPSA) is 79.5 Å². The number of benzene rings is 3. The number of halogens is 1. The molecule has 162 valence electrons. The number of aromatic nitrogens is 2. The molecule has 0 bridgehead atoms. The van der Waals surface area contributed by atoms with Gasteiger partial charge in [0.25, 0.3) is 0 Å². The van der Waals surface area contributed by atoms with Gasteiger partial charge in [-0.15, -0.1) is 0 Å². The van der Waals surface area contributed by atoms with E-state index in [-0.39, 0.29) is 11.4 Å². The second kappa shape index (κ2) is 7.41. The van der Waals surface area contributed by atoms with E-state index in [0.29, 0.717) is 39.3 Å². The van der Waals surface area contributed by atoms with E-state index in [1.807, 2.05) is 18.2 Å². The number of rotatable bonds is 3. The SMILES string of the molecule is O=C(O)c1ccc2nc(-c3cc4cc(F)ccc4o3)c(N3CCCc4ccccc43)nc2c1. The first-order chi connectivity index (χ1) is 16.1. The Labute approximate surface area is 187 Å². The molecule has 5 aromatic rings. The van der Waals surface area contributed by atoms with Crippen LogP contribution in [0.1, 0.15) is 22.3 Å². The van der Waals surface area contributed by atoms with Crippen LogP contribution < -0.4 is 4.90 Å². The Hall–Kier alpha value is -4.26. The number of aryl methyl sites for hydroxylation is 1. The Bertz CT molecular complexity index is 1560. The Morgan fingerprint density at radius 1 is 1.00 bits per heavy atom. The van der Waals surface area contributed by atoms with Crippen molar-refractivity contribution >= 4 is 39.5 Å². The quantitative estimate of drug-likeness (QED) is 0.373. The van der Waals surface area contributed by atoms with Gasteiger partial charge in [-0.2, -0.15) is 0 Å². The van der Waals surface area contributed by atoms with Crippen molar-refractivity contribution in [3.63, 3.8) is 0 Å². The maximum Gasteiger partial charge on any atom is 0.335 e. The summed E-state index contributed by atoms with van der Waals surface area (Å²) in [6.07, 6.45) is 1.91. The first-order valence-electron chi connectivity index (χ1n) is 10.7. The van der Waals surface area contributed by atoms with Gasteiger partial charge in [-0.05, 0) is 66.9 Å². The van der Waals surface area contributed by atoms with Gasteiger partial charge in [0.1, 0.15) is 17.1 Å². The average Bonchev–Trinajstić information content (AvgIpc) is 3.25. The highest BCUT2D eigenvalue weighted by Gasteiger charge is 2.25. The molecule has 3 aromatic carbocycles. The summed E-state index contributed by atoms with van der Waals surface area (Å²) < 4.78 is 19.8. The van der Waals surface area contributed by atoms with E-state index in [0.717, 1.165) is 25.1 Å². The molecule has 3 heterocycles. The van der Waals surface area contributed by atoms with Crippen molar-refractivity contribution in [3.05, 3.63) is 83.7 Å². The summed E-state index contributed by atoms with van der Waals surface area (Å²) in [5.41, 5.74) is 4.51. The van der Waals surface area contributed by atoms with Crippen LogP contribution in [0.5, 0.6) is 0 Å². The number of furan rings is 1. The zero-order valence-corrected chi connectivity index (χ0v) is 17.5. The molecule has 0 spiro atoms. The van der Waals surface area contributed by atoms with E-state index < -0.39 is 5.97 Å². The van der Waals surface area contributed by atoms with Crippen molar-refractivity contribution in [2.24, 2.45) is 0 Å². The second-order valence-electron chi connectivity index (χ2n) is 8.08. The van der Waals surface area contributed by atoms with Crippen molar-refractivity contribution < 1.29 is 18.7 Å². The fraction of sp³-hybridized carbons (Fsp3) is 0.115. The number of hydrogen-bond donors (Lipinski definition) is 1. The standard InChI is InChI=1S/C26H18FN3O3/c27-18-8-10-22-17(12-18)14-23(33-22)24-25(30-11-3-5-15-4-1-2-6-21(15)30)29-20-13-16(26(31)32)7-9-19(20)28-24/h1-2,4,6-10,12-14H,3,5,11H2,(H,31,32). The van der Waals surface area contributed by atoms with Gasteiger partial charge in [-0.25, -0.2) is 19.2 Å². The largest absolute Gasteiger partial charge is 0.478 e. The van der Waals surface area contributed by atoms with Gasteiger partial charge in [-0.3, -0.25) is 0 Å². The van der Waals surface area contributed by atoms with Crippen LogP contribution in [0.25, 0.3) is 33.5 Å². The lowest BCUT2D eigenvalue weighted by Gasteiger charge is -2.31. The van der Waals surface area contributed by atoms with Crippen LogP contribution in [0.4, 0.5) is 15.9 Å². The molecule has 0 radical (unpaired) electrons. The molecule has 0 aliphatic carbocycles. The van der Waals surface area contributed by atoms with E-state index in [1.165, 1.54) is 29.8 Å². The normalized spacial score (nSPS) is 13.4. The molecule has 2 aromatic heterocycles. The molecule has 0 atom stereocenters. The van der Waals surface area contributed by atoms with Crippen molar-refractivity contribution in [1.82, 2.24) is 9.97 Å². The zero-order chi connectivity index (χ0) is 22.5. The lowest BCUT2D eigenvalue weighted by Crippen LogP contribution is -2.26. The van der Waals surface area contributed by atoms with Gasteiger partial charge in [0.05, 0.1) is 16.6 Å². The van der Waals surface area contributed by atoms with E-state index >= 15 is 0 Å². The Morgan fingerprint density at radius 3 is 2.76 bits per heavy atom. The molecule has 1 aliphatic heterocycles. The summed E-state index contributed by atoms with van der Waals surface area (Å²) in [5.74, 6) is -0.306. The van der Waals surface area contributed by atoms with Gasteiger partial charge >= 0.3 is 5.97 Å². The molecule has 0 amide bonds. The number of carboxylic acids is 1. The summed E-state index contributed by atoms with van der Waals surface area (Å²) in [6.45, 7) is 0.734. The molecule has 33 heavy (non-hydrogen) atoms. The second-order valence-corrected chi connectivity index (χ2v) is 8.08. The van der Waals surface area contributed by atoms with Gasteiger partial charge in [-0.1, -0.05) is 18.2 Å². The minimum absolute atomic E-state index is 0.147. The van der Waals surface area contributed by atoms with E-state index in [9.17, 15) is 14.3 Å². The predicted octanol–water partition coefficient (Wildman–Crippen LogP) is 5.96. The Morgan fingerprint density at radius 2 is 1.88 bits per heavy atom. The molecule has 6 rings (SSSR count). The molecule has 6 nitrogen and oxygen atoms in total. The molecule has 1 aliphatic rings. The maximum atomic E-state index is 13.8. The Balaban J connectivity index is 1.62. The fourth-order valence-corrected chi connectivity index (χ4v) is 4.42. The minimum atomic E-state index is -1.02. The smallest absolute Gasteiger partial charge is 0.335 e. The molecule has 1 N–H and O–H groups in total. The molecule has 0 saturated heterocycles. The van der Waals surface area contributed by atoms with Gasteiger partial charge in [0.15, 0.2) is 11.6 Å². The molecule has 7 heteroatoms. The van der Waals surface area contributed by atoms with Crippen LogP contribution in [-0.4, -0.2) is 27.6 Å².